The summed E-state index contributed by atoms with van der Waals surface area (Å²) < 4.78 is 5.93. The van der Waals surface area contributed by atoms with Gasteiger partial charge in [0.15, 0.2) is 5.78 Å². The first kappa shape index (κ1) is 15.4. The fourth-order valence-electron chi connectivity index (χ4n) is 4.27. The molecule has 1 aromatic carbocycles. The lowest BCUT2D eigenvalue weighted by Crippen LogP contribution is -2.49. The predicted molar refractivity (Wildman–Crippen MR) is 92.7 cm³/mol. The van der Waals surface area contributed by atoms with Gasteiger partial charge in [0.25, 0.3) is 0 Å². The smallest absolute Gasteiger partial charge is 0.195 e. The second-order valence-electron chi connectivity index (χ2n) is 7.30. The zero-order valence-corrected chi connectivity index (χ0v) is 14.3. The van der Waals surface area contributed by atoms with E-state index in [9.17, 15) is 9.90 Å². The largest absolute Gasteiger partial charge is 0.489 e. The summed E-state index contributed by atoms with van der Waals surface area (Å²) in [5, 5.41) is 10.9. The molecule has 1 fully saturated rings. The van der Waals surface area contributed by atoms with Crippen molar-refractivity contribution >= 4 is 5.78 Å². The Bertz CT molecular complexity index is 818. The van der Waals surface area contributed by atoms with Gasteiger partial charge in [0.1, 0.15) is 18.0 Å². The van der Waals surface area contributed by atoms with Crippen molar-refractivity contribution in [1.29, 1.82) is 0 Å². The van der Waals surface area contributed by atoms with Gasteiger partial charge in [0.05, 0.1) is 0 Å². The molecule has 1 aromatic rings. The van der Waals surface area contributed by atoms with Gasteiger partial charge >= 0.3 is 0 Å². The highest BCUT2D eigenvalue weighted by atomic mass is 16.5. The Morgan fingerprint density at radius 2 is 1.83 bits per heavy atom. The summed E-state index contributed by atoms with van der Waals surface area (Å²) in [6.07, 6.45) is 3.66. The molecule has 0 heterocycles. The lowest BCUT2D eigenvalue weighted by atomic mass is 9.67. The first-order chi connectivity index (χ1) is 11.4. The minimum Gasteiger partial charge on any atom is -0.489 e. The van der Waals surface area contributed by atoms with Crippen LogP contribution in [0.15, 0.2) is 64.3 Å². The van der Waals surface area contributed by atoms with Gasteiger partial charge in [-0.3, -0.25) is 4.79 Å². The topological polar surface area (TPSA) is 46.5 Å². The molecular weight excluding hydrogens is 300 g/mol. The van der Waals surface area contributed by atoms with Gasteiger partial charge in [-0.05, 0) is 63.0 Å². The van der Waals surface area contributed by atoms with Crippen LogP contribution in [0.2, 0.25) is 0 Å². The molecule has 4 rings (SSSR count). The summed E-state index contributed by atoms with van der Waals surface area (Å²) in [5.74, 6) is 0.675. The summed E-state index contributed by atoms with van der Waals surface area (Å²) in [6, 6.07) is 9.71. The number of carbonyl (C=O) groups excluding carboxylic acids is 1. The van der Waals surface area contributed by atoms with E-state index in [1.165, 1.54) is 0 Å². The molecule has 3 nitrogen and oxygen atoms in total. The Kier molecular flexibility index (Phi) is 3.17. The number of ether oxygens (including phenoxy) is 1. The van der Waals surface area contributed by atoms with Crippen molar-refractivity contribution < 1.29 is 14.6 Å². The van der Waals surface area contributed by atoms with E-state index in [-0.39, 0.29) is 11.2 Å². The van der Waals surface area contributed by atoms with Crippen LogP contribution in [0.3, 0.4) is 0 Å². The molecule has 0 unspecified atom stereocenters. The van der Waals surface area contributed by atoms with Crippen LogP contribution in [0.4, 0.5) is 0 Å². The highest BCUT2D eigenvalue weighted by Gasteiger charge is 2.65. The predicted octanol–water partition coefficient (Wildman–Crippen LogP) is 3.75. The molecule has 1 atom stereocenters. The van der Waals surface area contributed by atoms with Crippen molar-refractivity contribution in [1.82, 2.24) is 0 Å². The number of Topliss-reactive ketones (excluding diaryl/α,β-unsaturated/α-hetero) is 1. The van der Waals surface area contributed by atoms with E-state index in [0.29, 0.717) is 12.2 Å². The van der Waals surface area contributed by atoms with Crippen molar-refractivity contribution in [2.24, 2.45) is 5.41 Å². The van der Waals surface area contributed by atoms with Crippen LogP contribution in [-0.2, 0) is 4.79 Å². The average molecular weight is 322 g/mol. The molecule has 0 aliphatic heterocycles. The SMILES string of the molecule is CC1=C(COc2ccccc2)C2=C(C)C3(CC3)[C@@](C)(O)C(=O)C2=C1. The number of hydrogen-bond acceptors (Lipinski definition) is 3. The molecule has 0 bridgehead atoms. The van der Waals surface area contributed by atoms with Crippen LogP contribution in [-0.4, -0.2) is 23.1 Å². The summed E-state index contributed by atoms with van der Waals surface area (Å²) in [6.45, 7) is 6.19. The molecule has 1 N–H and O–H groups in total. The van der Waals surface area contributed by atoms with Crippen molar-refractivity contribution in [3.8, 4) is 5.75 Å². The molecule has 0 amide bonds. The van der Waals surface area contributed by atoms with E-state index in [2.05, 4.69) is 6.92 Å². The van der Waals surface area contributed by atoms with E-state index in [1.807, 2.05) is 43.3 Å². The third-order valence-corrected chi connectivity index (χ3v) is 6.00. The van der Waals surface area contributed by atoms with E-state index in [4.69, 9.17) is 4.74 Å². The molecule has 3 aliphatic carbocycles. The van der Waals surface area contributed by atoms with Gasteiger partial charge in [-0.15, -0.1) is 0 Å². The van der Waals surface area contributed by atoms with Crippen molar-refractivity contribution in [2.75, 3.05) is 6.61 Å². The van der Waals surface area contributed by atoms with Crippen LogP contribution in [0.5, 0.6) is 5.75 Å². The van der Waals surface area contributed by atoms with E-state index < -0.39 is 5.60 Å². The Hall–Kier alpha value is -2.13. The van der Waals surface area contributed by atoms with Crippen molar-refractivity contribution in [3.63, 3.8) is 0 Å². The van der Waals surface area contributed by atoms with Crippen LogP contribution in [0.1, 0.15) is 33.6 Å². The molecule has 3 aliphatic rings. The number of allylic oxidation sites excluding steroid dienone is 2. The molecule has 0 saturated heterocycles. The van der Waals surface area contributed by atoms with E-state index >= 15 is 0 Å². The standard InChI is InChI=1S/C21H22O3/c1-13-11-16-18(17(13)12-24-15-7-5-4-6-8-15)14(2)21(9-10-21)20(3,23)19(16)22/h4-8,11,23H,9-10,12H2,1-3H3/t20-/m0/s1. The maximum Gasteiger partial charge on any atom is 0.195 e. The molecular formula is C21H22O3. The molecule has 0 aromatic heterocycles. The summed E-state index contributed by atoms with van der Waals surface area (Å²) >= 11 is 0. The number of aliphatic hydroxyl groups is 1. The van der Waals surface area contributed by atoms with Crippen LogP contribution >= 0.6 is 0 Å². The number of benzene rings is 1. The van der Waals surface area contributed by atoms with Crippen molar-refractivity contribution in [3.05, 3.63) is 64.3 Å². The summed E-state index contributed by atoms with van der Waals surface area (Å²) in [7, 11) is 0. The first-order valence-corrected chi connectivity index (χ1v) is 8.47. The summed E-state index contributed by atoms with van der Waals surface area (Å²) in [4.78, 5) is 12.9. The van der Waals surface area contributed by atoms with Crippen molar-refractivity contribution in [2.45, 2.75) is 39.2 Å². The molecule has 1 spiro atoms. The third kappa shape index (κ3) is 1.91. The second-order valence-corrected chi connectivity index (χ2v) is 7.30. The lowest BCUT2D eigenvalue weighted by Gasteiger charge is -2.39. The van der Waals surface area contributed by atoms with Gasteiger partial charge in [0.2, 0.25) is 0 Å². The van der Waals surface area contributed by atoms with E-state index in [1.54, 1.807) is 6.92 Å². The molecule has 0 radical (unpaired) electrons. The number of hydrogen-bond donors (Lipinski definition) is 1. The van der Waals surface area contributed by atoms with Gasteiger partial charge in [-0.1, -0.05) is 23.8 Å². The zero-order chi connectivity index (χ0) is 17.1. The van der Waals surface area contributed by atoms with Gasteiger partial charge < -0.3 is 9.84 Å². The second kappa shape index (κ2) is 4.93. The lowest BCUT2D eigenvalue weighted by molar-refractivity contribution is -0.137. The minimum atomic E-state index is -1.29. The zero-order valence-electron chi connectivity index (χ0n) is 14.3. The maximum atomic E-state index is 12.9. The Balaban J connectivity index is 1.71. The Morgan fingerprint density at radius 1 is 1.17 bits per heavy atom. The van der Waals surface area contributed by atoms with Crippen LogP contribution in [0.25, 0.3) is 0 Å². The average Bonchev–Trinajstić information content (AvgIpc) is 3.32. The number of para-hydroxylation sites is 1. The number of rotatable bonds is 3. The number of fused-ring (bicyclic) bond motifs is 1. The highest BCUT2D eigenvalue weighted by Crippen LogP contribution is 2.64. The van der Waals surface area contributed by atoms with Gasteiger partial charge in [-0.25, -0.2) is 0 Å². The number of ketones is 1. The van der Waals surface area contributed by atoms with E-state index in [0.717, 1.165) is 40.9 Å². The van der Waals surface area contributed by atoms with Gasteiger partial charge in [0, 0.05) is 16.6 Å². The van der Waals surface area contributed by atoms with Crippen LogP contribution < -0.4 is 4.74 Å². The first-order valence-electron chi connectivity index (χ1n) is 8.47. The Morgan fingerprint density at radius 3 is 2.46 bits per heavy atom. The third-order valence-electron chi connectivity index (χ3n) is 6.00. The Labute approximate surface area is 142 Å². The fraction of sp³-hybridized carbons (Fsp3) is 0.381. The van der Waals surface area contributed by atoms with Gasteiger partial charge in [-0.2, -0.15) is 0 Å². The molecule has 3 heteroatoms. The molecule has 1 saturated carbocycles. The molecule has 124 valence electrons. The molecule has 24 heavy (non-hydrogen) atoms. The number of carbonyl (C=O) groups is 1. The highest BCUT2D eigenvalue weighted by molar-refractivity contribution is 6.10. The maximum absolute atomic E-state index is 12.9. The summed E-state index contributed by atoms with van der Waals surface area (Å²) in [5.41, 5.74) is 3.26. The quantitative estimate of drug-likeness (QED) is 0.922. The van der Waals surface area contributed by atoms with Crippen LogP contribution in [0, 0.1) is 5.41 Å². The monoisotopic (exact) mass is 322 g/mol. The fourth-order valence-corrected chi connectivity index (χ4v) is 4.27. The minimum absolute atomic E-state index is 0.144. The normalized spacial score (nSPS) is 27.5.